The van der Waals surface area contributed by atoms with E-state index in [1.54, 1.807) is 18.5 Å². The van der Waals surface area contributed by atoms with Crippen molar-refractivity contribution in [3.63, 3.8) is 0 Å². The summed E-state index contributed by atoms with van der Waals surface area (Å²) >= 11 is 1.32. The summed E-state index contributed by atoms with van der Waals surface area (Å²) in [6.07, 6.45) is 13.0. The fourth-order valence-corrected chi connectivity index (χ4v) is 11.1. The normalized spacial score (nSPS) is 23.5. The lowest BCUT2D eigenvalue weighted by Crippen LogP contribution is -2.48. The van der Waals surface area contributed by atoms with Gasteiger partial charge in [-0.3, -0.25) is 19.6 Å². The monoisotopic (exact) mass is 736 g/mol. The Labute approximate surface area is 306 Å². The number of aromatic nitrogens is 5. The Bertz CT molecular complexity index is 2300. The minimum absolute atomic E-state index is 0.0154. The number of fused-ring (bicyclic) bond motifs is 2. The van der Waals surface area contributed by atoms with Crippen LogP contribution in [0.4, 0.5) is 10.9 Å². The van der Waals surface area contributed by atoms with Crippen molar-refractivity contribution in [1.29, 1.82) is 0 Å². The molecule has 0 saturated heterocycles. The van der Waals surface area contributed by atoms with E-state index in [-0.39, 0.29) is 17.0 Å². The summed E-state index contributed by atoms with van der Waals surface area (Å²) < 4.78 is 28.8. The lowest BCUT2D eigenvalue weighted by Gasteiger charge is -2.56. The maximum Gasteiger partial charge on any atom is 0.284 e. The topological polar surface area (TPSA) is 152 Å². The SMILES string of the molecule is Cc1c(-c2ccc(N3CCc4cccc(C(=O)Nc5nc6cccnc6s5)c4C3)nc2C(=O)NS(C)(=O)=O)cnn1CC12CC3CC(CC(C3)C1)C2. The Hall–Kier alpha value is -4.69. The Balaban J connectivity index is 1.01. The highest BCUT2D eigenvalue weighted by Gasteiger charge is 2.51. The van der Waals surface area contributed by atoms with Gasteiger partial charge in [0.25, 0.3) is 11.8 Å². The van der Waals surface area contributed by atoms with Gasteiger partial charge in [0, 0.05) is 48.2 Å². The number of nitrogens with zero attached hydrogens (tertiary/aromatic N) is 6. The van der Waals surface area contributed by atoms with Gasteiger partial charge >= 0.3 is 0 Å². The van der Waals surface area contributed by atoms with Gasteiger partial charge in [0.05, 0.1) is 12.5 Å². The molecule has 10 rings (SSSR count). The minimum atomic E-state index is -3.86. The summed E-state index contributed by atoms with van der Waals surface area (Å²) in [4.78, 5) is 43.7. The molecule has 12 nitrogen and oxygen atoms in total. The molecule has 1 aliphatic heterocycles. The molecule has 268 valence electrons. The molecule has 1 aromatic carbocycles. The molecule has 4 bridgehead atoms. The molecule has 52 heavy (non-hydrogen) atoms. The van der Waals surface area contributed by atoms with Crippen LogP contribution in [-0.2, 0) is 29.5 Å². The number of anilines is 2. The van der Waals surface area contributed by atoms with Crippen molar-refractivity contribution in [2.24, 2.45) is 23.2 Å². The third-order valence-electron chi connectivity index (χ3n) is 11.6. The van der Waals surface area contributed by atoms with Gasteiger partial charge in [0.2, 0.25) is 10.0 Å². The van der Waals surface area contributed by atoms with Crippen LogP contribution < -0.4 is 14.9 Å². The molecule has 4 fully saturated rings. The molecule has 0 atom stereocenters. The molecule has 0 unspecified atom stereocenters. The number of hydrogen-bond donors (Lipinski definition) is 2. The van der Waals surface area contributed by atoms with Crippen molar-refractivity contribution < 1.29 is 18.0 Å². The van der Waals surface area contributed by atoms with Crippen LogP contribution in [0.25, 0.3) is 21.5 Å². The van der Waals surface area contributed by atoms with Gasteiger partial charge in [-0.25, -0.2) is 28.1 Å². The smallest absolute Gasteiger partial charge is 0.284 e. The molecular weight excluding hydrogens is 697 g/mol. The zero-order chi connectivity index (χ0) is 35.8. The predicted octanol–water partition coefficient (Wildman–Crippen LogP) is 5.98. The molecule has 5 aromatic rings. The molecule has 4 aromatic heterocycles. The quantitative estimate of drug-likeness (QED) is 0.196. The second kappa shape index (κ2) is 12.5. The largest absolute Gasteiger partial charge is 0.352 e. The first kappa shape index (κ1) is 33.2. The molecule has 4 aliphatic carbocycles. The summed E-state index contributed by atoms with van der Waals surface area (Å²) in [6, 6.07) is 13.1. The highest BCUT2D eigenvalue weighted by atomic mass is 32.2. The highest BCUT2D eigenvalue weighted by Crippen LogP contribution is 2.60. The number of sulfonamides is 1. The number of benzene rings is 1. The maximum absolute atomic E-state index is 13.6. The van der Waals surface area contributed by atoms with Gasteiger partial charge in [-0.05, 0) is 116 Å². The van der Waals surface area contributed by atoms with E-state index in [2.05, 4.69) is 24.7 Å². The number of thiazole rings is 1. The van der Waals surface area contributed by atoms with E-state index < -0.39 is 15.9 Å². The van der Waals surface area contributed by atoms with E-state index >= 15 is 0 Å². The Morgan fingerprint density at radius 3 is 2.46 bits per heavy atom. The molecule has 14 heteroatoms. The summed E-state index contributed by atoms with van der Waals surface area (Å²) in [5.41, 5.74) is 5.68. The second-order valence-electron chi connectivity index (χ2n) is 15.4. The Kier molecular flexibility index (Phi) is 7.95. The summed E-state index contributed by atoms with van der Waals surface area (Å²) in [6.45, 7) is 3.86. The van der Waals surface area contributed by atoms with Crippen LogP contribution >= 0.6 is 11.3 Å². The number of rotatable bonds is 8. The number of carbonyl (C=O) groups is 2. The number of nitrogens with one attached hydrogen (secondary N) is 2. The van der Waals surface area contributed by atoms with Gasteiger partial charge in [0.1, 0.15) is 21.9 Å². The lowest BCUT2D eigenvalue weighted by atomic mass is 9.49. The van der Waals surface area contributed by atoms with Gasteiger partial charge in [-0.2, -0.15) is 5.10 Å². The first-order chi connectivity index (χ1) is 25.0. The van der Waals surface area contributed by atoms with Gasteiger partial charge in [-0.1, -0.05) is 23.5 Å². The third kappa shape index (κ3) is 6.15. The van der Waals surface area contributed by atoms with Crippen LogP contribution in [0.5, 0.6) is 0 Å². The minimum Gasteiger partial charge on any atom is -0.352 e. The third-order valence-corrected chi connectivity index (χ3v) is 13.1. The van der Waals surface area contributed by atoms with E-state index in [0.717, 1.165) is 63.3 Å². The molecule has 5 heterocycles. The molecule has 5 aliphatic rings. The van der Waals surface area contributed by atoms with Crippen LogP contribution in [0.15, 0.2) is 54.9 Å². The predicted molar refractivity (Wildman–Crippen MR) is 200 cm³/mol. The van der Waals surface area contributed by atoms with Crippen LogP contribution in [0.3, 0.4) is 0 Å². The molecule has 4 saturated carbocycles. The van der Waals surface area contributed by atoms with Gasteiger partial charge < -0.3 is 4.90 Å². The molecule has 2 N–H and O–H groups in total. The van der Waals surface area contributed by atoms with Crippen LogP contribution in [-0.4, -0.2) is 57.8 Å². The van der Waals surface area contributed by atoms with Crippen LogP contribution in [0.2, 0.25) is 0 Å². The molecule has 0 spiro atoms. The van der Waals surface area contributed by atoms with E-state index in [0.29, 0.717) is 41.6 Å². The number of hydrogen-bond acceptors (Lipinski definition) is 10. The van der Waals surface area contributed by atoms with E-state index in [4.69, 9.17) is 10.1 Å². The number of amides is 2. The fraction of sp³-hybridized carbons (Fsp3) is 0.421. The van der Waals surface area contributed by atoms with Gasteiger partial charge in [0.15, 0.2) is 5.13 Å². The first-order valence-corrected chi connectivity index (χ1v) is 20.6. The lowest BCUT2D eigenvalue weighted by molar-refractivity contribution is -0.0638. The van der Waals surface area contributed by atoms with Crippen LogP contribution in [0, 0.1) is 30.1 Å². The Morgan fingerprint density at radius 2 is 1.73 bits per heavy atom. The first-order valence-electron chi connectivity index (χ1n) is 17.9. The summed E-state index contributed by atoms with van der Waals surface area (Å²) in [7, 11) is -3.86. The molecule has 2 amide bonds. The van der Waals surface area contributed by atoms with E-state index in [1.807, 2.05) is 48.2 Å². The molecule has 0 radical (unpaired) electrons. The van der Waals surface area contributed by atoms with Crippen LogP contribution in [0.1, 0.15) is 76.2 Å². The average molecular weight is 737 g/mol. The highest BCUT2D eigenvalue weighted by molar-refractivity contribution is 7.89. The number of pyridine rings is 2. The number of carbonyl (C=O) groups excluding carboxylic acids is 2. The van der Waals surface area contributed by atoms with Crippen molar-refractivity contribution >= 4 is 54.5 Å². The average Bonchev–Trinajstić information content (AvgIpc) is 3.67. The molecular formula is C38H40N8O4S2. The summed E-state index contributed by atoms with van der Waals surface area (Å²) in [5.74, 6) is 1.93. The van der Waals surface area contributed by atoms with Crippen molar-refractivity contribution in [3.05, 3.63) is 82.9 Å². The van der Waals surface area contributed by atoms with Crippen molar-refractivity contribution in [1.82, 2.24) is 29.5 Å². The van der Waals surface area contributed by atoms with Crippen molar-refractivity contribution in [2.75, 3.05) is 23.0 Å². The standard InChI is InChI=1S/C38H40N8O4S2/c1-22-29(19-40-46(22)21-38-16-23-13-24(17-38)15-25(14-23)18-38)27-8-9-32(42-33(27)35(48)44-52(2,49)50)45-12-10-26-5-3-6-28(30(26)20-45)34(47)43-37-41-31-7-4-11-39-36(31)51-37/h3-9,11,19,23-25H,10,12-18,20-21H2,1-2H3,(H,44,48)(H,41,43,47). The fourth-order valence-electron chi connectivity index (χ4n) is 9.88. The summed E-state index contributed by atoms with van der Waals surface area (Å²) in [5, 5.41) is 8.25. The van der Waals surface area contributed by atoms with E-state index in [1.165, 1.54) is 49.9 Å². The zero-order valence-corrected chi connectivity index (χ0v) is 30.8. The Morgan fingerprint density at radius 1 is 0.962 bits per heavy atom. The maximum atomic E-state index is 13.6. The van der Waals surface area contributed by atoms with Crippen molar-refractivity contribution in [2.45, 2.75) is 65.0 Å². The van der Waals surface area contributed by atoms with Gasteiger partial charge in [-0.15, -0.1) is 0 Å². The zero-order valence-electron chi connectivity index (χ0n) is 29.1. The second-order valence-corrected chi connectivity index (χ2v) is 18.1. The van der Waals surface area contributed by atoms with Crippen molar-refractivity contribution in [3.8, 4) is 11.1 Å². The van der Waals surface area contributed by atoms with E-state index in [9.17, 15) is 18.0 Å².